The average Bonchev–Trinajstić information content (AvgIpc) is 2.94. The molecule has 0 aromatic heterocycles. The number of nitrogens with one attached hydrogen (secondary N) is 2. The summed E-state index contributed by atoms with van der Waals surface area (Å²) in [6, 6.07) is 10.5. The minimum Gasteiger partial charge on any atom is -0.349 e. The molecule has 2 aliphatic rings. The molecule has 0 atom stereocenters. The summed E-state index contributed by atoms with van der Waals surface area (Å²) in [5.74, 6) is -0.940. The van der Waals surface area contributed by atoms with Crippen LogP contribution in [0.25, 0.3) is 0 Å². The maximum absolute atomic E-state index is 13.0. The Hall–Kier alpha value is -2.70. The van der Waals surface area contributed by atoms with Crippen LogP contribution >= 0.6 is 12.4 Å². The van der Waals surface area contributed by atoms with E-state index in [4.69, 9.17) is 0 Å². The van der Waals surface area contributed by atoms with Crippen molar-refractivity contribution in [3.8, 4) is 0 Å². The molecule has 1 saturated heterocycles. The van der Waals surface area contributed by atoms with Crippen LogP contribution in [0, 0.1) is 13.8 Å². The predicted octanol–water partition coefficient (Wildman–Crippen LogP) is 3.01. The molecule has 0 aliphatic carbocycles. The van der Waals surface area contributed by atoms with Crippen LogP contribution in [0.1, 0.15) is 55.0 Å². The largest absolute Gasteiger partial charge is 0.349 e. The monoisotopic (exact) mass is 413 g/mol. The number of anilines is 1. The Labute approximate surface area is 176 Å². The molecule has 0 unspecified atom stereocenters. The Kier molecular flexibility index (Phi) is 6.05. The number of benzene rings is 2. The number of hydrogen-bond acceptors (Lipinski definition) is 4. The zero-order valence-corrected chi connectivity index (χ0v) is 17.3. The number of hydrogen-bond donors (Lipinski definition) is 2. The van der Waals surface area contributed by atoms with Gasteiger partial charge in [0.2, 0.25) is 0 Å². The van der Waals surface area contributed by atoms with E-state index in [0.717, 1.165) is 37.1 Å². The Morgan fingerprint density at radius 2 is 1.69 bits per heavy atom. The van der Waals surface area contributed by atoms with Crippen molar-refractivity contribution in [3.05, 3.63) is 64.2 Å². The van der Waals surface area contributed by atoms with Gasteiger partial charge in [0, 0.05) is 11.6 Å². The van der Waals surface area contributed by atoms with Crippen molar-refractivity contribution in [1.29, 1.82) is 0 Å². The lowest BCUT2D eigenvalue weighted by molar-refractivity contribution is 0.0918. The second kappa shape index (κ2) is 8.35. The fourth-order valence-corrected chi connectivity index (χ4v) is 3.80. The Bertz CT molecular complexity index is 983. The van der Waals surface area contributed by atoms with Gasteiger partial charge in [0.1, 0.15) is 0 Å². The molecule has 0 saturated carbocycles. The SMILES string of the molecule is Cc1ccc(C)c(N2C(=O)c3ccc(C(=O)NC4CCNCC4)cc3C2=O)c1.Cl. The summed E-state index contributed by atoms with van der Waals surface area (Å²) >= 11 is 0. The van der Waals surface area contributed by atoms with Crippen LogP contribution in [0.4, 0.5) is 5.69 Å². The topological polar surface area (TPSA) is 78.5 Å². The second-order valence-electron chi connectivity index (χ2n) is 7.49. The van der Waals surface area contributed by atoms with E-state index in [9.17, 15) is 14.4 Å². The minimum absolute atomic E-state index is 0. The Morgan fingerprint density at radius 3 is 2.41 bits per heavy atom. The highest BCUT2D eigenvalue weighted by molar-refractivity contribution is 6.35. The van der Waals surface area contributed by atoms with Gasteiger partial charge in [-0.15, -0.1) is 12.4 Å². The van der Waals surface area contributed by atoms with Gasteiger partial charge < -0.3 is 10.6 Å². The van der Waals surface area contributed by atoms with E-state index < -0.39 is 0 Å². The number of carbonyl (C=O) groups is 3. The number of imide groups is 1. The number of carbonyl (C=O) groups excluding carboxylic acids is 3. The van der Waals surface area contributed by atoms with E-state index in [1.165, 1.54) is 11.0 Å². The summed E-state index contributed by atoms with van der Waals surface area (Å²) in [5.41, 5.74) is 3.43. The fraction of sp³-hybridized carbons (Fsp3) is 0.318. The van der Waals surface area contributed by atoms with Crippen LogP contribution < -0.4 is 15.5 Å². The van der Waals surface area contributed by atoms with Crippen LogP contribution in [0.2, 0.25) is 0 Å². The molecular formula is C22H24ClN3O3. The molecule has 6 nitrogen and oxygen atoms in total. The third-order valence-electron chi connectivity index (χ3n) is 5.43. The van der Waals surface area contributed by atoms with Crippen LogP contribution in [0.15, 0.2) is 36.4 Å². The van der Waals surface area contributed by atoms with E-state index in [0.29, 0.717) is 16.8 Å². The van der Waals surface area contributed by atoms with Crippen molar-refractivity contribution >= 4 is 35.8 Å². The van der Waals surface area contributed by atoms with Crippen LogP contribution in [-0.4, -0.2) is 36.9 Å². The highest BCUT2D eigenvalue weighted by atomic mass is 35.5. The molecule has 4 rings (SSSR count). The van der Waals surface area contributed by atoms with Gasteiger partial charge in [-0.25, -0.2) is 4.90 Å². The third kappa shape index (κ3) is 3.91. The zero-order chi connectivity index (χ0) is 19.8. The Balaban J connectivity index is 0.00000240. The van der Waals surface area contributed by atoms with Gasteiger partial charge in [0.15, 0.2) is 0 Å². The lowest BCUT2D eigenvalue weighted by Gasteiger charge is -2.23. The second-order valence-corrected chi connectivity index (χ2v) is 7.49. The van der Waals surface area contributed by atoms with E-state index >= 15 is 0 Å². The van der Waals surface area contributed by atoms with Crippen molar-refractivity contribution in [3.63, 3.8) is 0 Å². The number of aryl methyl sites for hydroxylation is 2. The first-order chi connectivity index (χ1) is 13.5. The molecule has 7 heteroatoms. The molecule has 152 valence electrons. The molecule has 2 N–H and O–H groups in total. The lowest BCUT2D eigenvalue weighted by atomic mass is 10.0. The summed E-state index contributed by atoms with van der Waals surface area (Å²) in [6.07, 6.45) is 1.77. The highest BCUT2D eigenvalue weighted by Crippen LogP contribution is 2.31. The van der Waals surface area contributed by atoms with Crippen molar-refractivity contribution in [2.75, 3.05) is 18.0 Å². The van der Waals surface area contributed by atoms with Crippen LogP contribution in [0.3, 0.4) is 0 Å². The normalized spacial score (nSPS) is 16.4. The first-order valence-corrected chi connectivity index (χ1v) is 9.57. The van der Waals surface area contributed by atoms with Crippen molar-refractivity contribution in [2.24, 2.45) is 0 Å². The van der Waals surface area contributed by atoms with Gasteiger partial charge in [-0.1, -0.05) is 12.1 Å². The van der Waals surface area contributed by atoms with E-state index in [2.05, 4.69) is 10.6 Å². The molecule has 3 amide bonds. The number of amides is 3. The lowest BCUT2D eigenvalue weighted by Crippen LogP contribution is -2.42. The molecular weight excluding hydrogens is 390 g/mol. The average molecular weight is 414 g/mol. The molecule has 2 aromatic carbocycles. The molecule has 0 spiro atoms. The Morgan fingerprint density at radius 1 is 1.00 bits per heavy atom. The van der Waals surface area contributed by atoms with Gasteiger partial charge in [-0.05, 0) is 75.2 Å². The zero-order valence-electron chi connectivity index (χ0n) is 16.5. The van der Waals surface area contributed by atoms with E-state index in [1.807, 2.05) is 32.0 Å². The van der Waals surface area contributed by atoms with Crippen LogP contribution in [0.5, 0.6) is 0 Å². The number of halogens is 1. The first-order valence-electron chi connectivity index (χ1n) is 9.57. The predicted molar refractivity (Wildman–Crippen MR) is 114 cm³/mol. The molecule has 2 aliphatic heterocycles. The minimum atomic E-state index is -0.384. The van der Waals surface area contributed by atoms with E-state index in [-0.39, 0.29) is 41.7 Å². The molecule has 1 fully saturated rings. The highest BCUT2D eigenvalue weighted by Gasteiger charge is 2.38. The van der Waals surface area contributed by atoms with Crippen molar-refractivity contribution in [1.82, 2.24) is 10.6 Å². The van der Waals surface area contributed by atoms with Gasteiger partial charge in [-0.3, -0.25) is 14.4 Å². The van der Waals surface area contributed by atoms with Gasteiger partial charge >= 0.3 is 0 Å². The molecule has 2 aromatic rings. The van der Waals surface area contributed by atoms with E-state index in [1.54, 1.807) is 12.1 Å². The quantitative estimate of drug-likeness (QED) is 0.758. The smallest absolute Gasteiger partial charge is 0.266 e. The van der Waals surface area contributed by atoms with Gasteiger partial charge in [0.05, 0.1) is 16.8 Å². The van der Waals surface area contributed by atoms with Crippen LogP contribution in [-0.2, 0) is 0 Å². The molecule has 2 heterocycles. The summed E-state index contributed by atoms with van der Waals surface area (Å²) in [6.45, 7) is 5.56. The number of nitrogens with zero attached hydrogens (tertiary/aromatic N) is 1. The maximum Gasteiger partial charge on any atom is 0.266 e. The van der Waals surface area contributed by atoms with Gasteiger partial charge in [-0.2, -0.15) is 0 Å². The standard InChI is InChI=1S/C22H23N3O3.ClH/c1-13-3-4-14(2)19(11-13)25-21(27)17-6-5-15(12-18(17)22(25)28)20(26)24-16-7-9-23-10-8-16;/h3-6,11-12,16,23H,7-10H2,1-2H3,(H,24,26);1H. The summed E-state index contributed by atoms with van der Waals surface area (Å²) < 4.78 is 0. The van der Waals surface area contributed by atoms with Crippen molar-refractivity contribution < 1.29 is 14.4 Å². The maximum atomic E-state index is 13.0. The molecule has 0 radical (unpaired) electrons. The van der Waals surface area contributed by atoms with Gasteiger partial charge in [0.25, 0.3) is 17.7 Å². The molecule has 29 heavy (non-hydrogen) atoms. The third-order valence-corrected chi connectivity index (χ3v) is 5.43. The first kappa shape index (κ1) is 21.0. The summed E-state index contributed by atoms with van der Waals surface area (Å²) in [4.78, 5) is 39.7. The number of fused-ring (bicyclic) bond motifs is 1. The number of piperidine rings is 1. The molecule has 0 bridgehead atoms. The van der Waals surface area contributed by atoms with Crippen molar-refractivity contribution in [2.45, 2.75) is 32.7 Å². The summed E-state index contributed by atoms with van der Waals surface area (Å²) in [5, 5.41) is 6.29. The number of rotatable bonds is 3. The summed E-state index contributed by atoms with van der Waals surface area (Å²) in [7, 11) is 0. The fourth-order valence-electron chi connectivity index (χ4n) is 3.80.